The van der Waals surface area contributed by atoms with E-state index < -0.39 is 0 Å². The highest BCUT2D eigenvalue weighted by molar-refractivity contribution is 6.31. The number of fused-ring (bicyclic) bond motifs is 1. The maximum absolute atomic E-state index is 5.94. The second-order valence-corrected chi connectivity index (χ2v) is 4.67. The molecule has 1 aromatic carbocycles. The van der Waals surface area contributed by atoms with Crippen LogP contribution in [0.3, 0.4) is 0 Å². The summed E-state index contributed by atoms with van der Waals surface area (Å²) < 4.78 is 5.53. The zero-order valence-electron chi connectivity index (χ0n) is 9.69. The molecule has 0 saturated heterocycles. The first kappa shape index (κ1) is 11.2. The van der Waals surface area contributed by atoms with Gasteiger partial charge in [0.2, 0.25) is 0 Å². The highest BCUT2D eigenvalue weighted by Crippen LogP contribution is 2.32. The van der Waals surface area contributed by atoms with Crippen LogP contribution >= 0.6 is 11.6 Å². The van der Waals surface area contributed by atoms with Crippen LogP contribution in [-0.2, 0) is 0 Å². The molecule has 0 unspecified atom stereocenters. The average molecular weight is 258 g/mol. The summed E-state index contributed by atoms with van der Waals surface area (Å²) in [5.74, 6) is 0.433. The van der Waals surface area contributed by atoms with Crippen molar-refractivity contribution in [3.8, 4) is 0 Å². The van der Waals surface area contributed by atoms with E-state index in [1.807, 2.05) is 24.3 Å². The van der Waals surface area contributed by atoms with E-state index in [1.54, 1.807) is 6.07 Å². The molecular weight excluding hydrogens is 246 g/mol. The number of halogens is 1. The lowest BCUT2D eigenvalue weighted by Gasteiger charge is -2.01. The smallest absolute Gasteiger partial charge is 0.198 e. The van der Waals surface area contributed by atoms with E-state index in [0.29, 0.717) is 10.9 Å². The molecule has 0 aliphatic heterocycles. The second kappa shape index (κ2) is 4.39. The highest BCUT2D eigenvalue weighted by atomic mass is 35.5. The number of hydrogen-bond donors (Lipinski definition) is 1. The number of furan rings is 1. The first-order chi connectivity index (χ1) is 8.74. The lowest BCUT2D eigenvalue weighted by molar-refractivity contribution is 0.636. The van der Waals surface area contributed by atoms with Gasteiger partial charge in [-0.3, -0.25) is 0 Å². The van der Waals surface area contributed by atoms with Crippen molar-refractivity contribution in [3.63, 3.8) is 0 Å². The van der Waals surface area contributed by atoms with E-state index >= 15 is 0 Å². The molecule has 2 aromatic rings. The van der Waals surface area contributed by atoms with E-state index in [1.165, 1.54) is 5.57 Å². The molecule has 0 amide bonds. The quantitative estimate of drug-likeness (QED) is 0.813. The van der Waals surface area contributed by atoms with Gasteiger partial charge in [0.15, 0.2) is 5.88 Å². The maximum Gasteiger partial charge on any atom is 0.198 e. The summed E-state index contributed by atoms with van der Waals surface area (Å²) >= 11 is 5.94. The van der Waals surface area contributed by atoms with Gasteiger partial charge in [0.25, 0.3) is 0 Å². The standard InChI is InChI=1S/C15H12ClNO/c16-11-6-7-12-13(15(17)18-14(12)9-11)8-10-4-2-1-3-5-10/h1-4,6-9H,5,17H2/b10-8-. The van der Waals surface area contributed by atoms with E-state index in [4.69, 9.17) is 21.8 Å². The normalized spacial score (nSPS) is 16.8. The molecule has 3 rings (SSSR count). The van der Waals surface area contributed by atoms with E-state index in [-0.39, 0.29) is 0 Å². The van der Waals surface area contributed by atoms with E-state index in [0.717, 1.165) is 23.0 Å². The summed E-state index contributed by atoms with van der Waals surface area (Å²) in [6.45, 7) is 0. The molecule has 0 atom stereocenters. The minimum atomic E-state index is 0.433. The molecule has 2 N–H and O–H groups in total. The number of allylic oxidation sites excluding steroid dienone is 5. The highest BCUT2D eigenvalue weighted by Gasteiger charge is 2.10. The molecule has 1 heterocycles. The molecule has 90 valence electrons. The molecule has 1 aliphatic rings. The van der Waals surface area contributed by atoms with Crippen LogP contribution in [0.1, 0.15) is 12.0 Å². The first-order valence-corrected chi connectivity index (χ1v) is 6.13. The van der Waals surface area contributed by atoms with Gasteiger partial charge in [-0.15, -0.1) is 0 Å². The Morgan fingerprint density at radius 2 is 2.17 bits per heavy atom. The molecule has 18 heavy (non-hydrogen) atoms. The van der Waals surface area contributed by atoms with Gasteiger partial charge in [-0.05, 0) is 30.2 Å². The van der Waals surface area contributed by atoms with Gasteiger partial charge in [-0.25, -0.2) is 0 Å². The minimum Gasteiger partial charge on any atom is -0.440 e. The van der Waals surface area contributed by atoms with Crippen LogP contribution < -0.4 is 5.73 Å². The summed E-state index contributed by atoms with van der Waals surface area (Å²) in [5, 5.41) is 1.64. The number of nitrogen functional groups attached to an aromatic ring is 1. The fourth-order valence-corrected chi connectivity index (χ4v) is 2.24. The first-order valence-electron chi connectivity index (χ1n) is 5.75. The van der Waals surface area contributed by atoms with Crippen molar-refractivity contribution in [3.05, 3.63) is 58.7 Å². The Labute approximate surface area is 110 Å². The Morgan fingerprint density at radius 1 is 1.28 bits per heavy atom. The monoisotopic (exact) mass is 257 g/mol. The summed E-state index contributed by atoms with van der Waals surface area (Å²) in [6, 6.07) is 5.57. The van der Waals surface area contributed by atoms with Crippen LogP contribution in [0, 0.1) is 0 Å². The van der Waals surface area contributed by atoms with Crippen molar-refractivity contribution in [2.24, 2.45) is 0 Å². The van der Waals surface area contributed by atoms with Crippen LogP contribution in [0.5, 0.6) is 0 Å². The van der Waals surface area contributed by atoms with Crippen LogP contribution in [0.25, 0.3) is 17.0 Å². The van der Waals surface area contributed by atoms with Gasteiger partial charge in [0, 0.05) is 22.0 Å². The second-order valence-electron chi connectivity index (χ2n) is 4.23. The van der Waals surface area contributed by atoms with Crippen molar-refractivity contribution in [2.45, 2.75) is 6.42 Å². The topological polar surface area (TPSA) is 39.2 Å². The maximum atomic E-state index is 5.94. The lowest BCUT2D eigenvalue weighted by atomic mass is 10.0. The minimum absolute atomic E-state index is 0.433. The van der Waals surface area contributed by atoms with Crippen molar-refractivity contribution >= 4 is 34.5 Å². The SMILES string of the molecule is Nc1oc2cc(Cl)ccc2c1/C=C1/C=CC=CC1. The Bertz CT molecular complexity index is 692. The predicted octanol–water partition coefficient (Wildman–Crippen LogP) is 4.57. The fraction of sp³-hybridized carbons (Fsp3) is 0.0667. The Kier molecular flexibility index (Phi) is 2.73. The van der Waals surface area contributed by atoms with Gasteiger partial charge in [0.05, 0.1) is 0 Å². The zero-order chi connectivity index (χ0) is 12.5. The zero-order valence-corrected chi connectivity index (χ0v) is 10.4. The molecule has 0 saturated carbocycles. The molecule has 2 nitrogen and oxygen atoms in total. The number of rotatable bonds is 1. The summed E-state index contributed by atoms with van der Waals surface area (Å²) in [6.07, 6.45) is 11.2. The molecule has 0 bridgehead atoms. The molecule has 0 fully saturated rings. The van der Waals surface area contributed by atoms with E-state index in [2.05, 4.69) is 18.2 Å². The molecule has 3 heteroatoms. The summed E-state index contributed by atoms with van der Waals surface area (Å²) in [4.78, 5) is 0. The van der Waals surface area contributed by atoms with Gasteiger partial charge in [-0.1, -0.05) is 35.9 Å². The molecular formula is C15H12ClNO. The Hall–Kier alpha value is -1.93. The van der Waals surface area contributed by atoms with Crippen molar-refractivity contribution in [1.82, 2.24) is 0 Å². The summed E-state index contributed by atoms with van der Waals surface area (Å²) in [7, 11) is 0. The Balaban J connectivity index is 2.14. The third kappa shape index (κ3) is 1.95. The van der Waals surface area contributed by atoms with Crippen molar-refractivity contribution in [1.29, 1.82) is 0 Å². The van der Waals surface area contributed by atoms with Crippen LogP contribution in [0.2, 0.25) is 5.02 Å². The van der Waals surface area contributed by atoms with Crippen LogP contribution in [0.4, 0.5) is 5.88 Å². The largest absolute Gasteiger partial charge is 0.440 e. The predicted molar refractivity (Wildman–Crippen MR) is 76.5 cm³/mol. The molecule has 0 radical (unpaired) electrons. The lowest BCUT2D eigenvalue weighted by Crippen LogP contribution is -1.86. The van der Waals surface area contributed by atoms with Gasteiger partial charge in [0.1, 0.15) is 5.58 Å². The summed E-state index contributed by atoms with van der Waals surface area (Å²) in [5.41, 5.74) is 8.79. The number of hydrogen-bond acceptors (Lipinski definition) is 2. The number of anilines is 1. The van der Waals surface area contributed by atoms with Gasteiger partial charge < -0.3 is 10.2 Å². The molecule has 1 aliphatic carbocycles. The van der Waals surface area contributed by atoms with Gasteiger partial charge in [-0.2, -0.15) is 0 Å². The number of benzene rings is 1. The fourth-order valence-electron chi connectivity index (χ4n) is 2.08. The van der Waals surface area contributed by atoms with Crippen LogP contribution in [0.15, 0.2) is 52.5 Å². The van der Waals surface area contributed by atoms with Crippen molar-refractivity contribution in [2.75, 3.05) is 5.73 Å². The van der Waals surface area contributed by atoms with Crippen molar-refractivity contribution < 1.29 is 4.42 Å². The third-order valence-electron chi connectivity index (χ3n) is 2.96. The molecule has 0 spiro atoms. The van der Waals surface area contributed by atoms with Crippen LogP contribution in [-0.4, -0.2) is 0 Å². The average Bonchev–Trinajstić information content (AvgIpc) is 2.66. The number of nitrogens with two attached hydrogens (primary N) is 1. The third-order valence-corrected chi connectivity index (χ3v) is 3.20. The van der Waals surface area contributed by atoms with E-state index in [9.17, 15) is 0 Å². The molecule has 1 aromatic heterocycles. The van der Waals surface area contributed by atoms with Gasteiger partial charge >= 0.3 is 0 Å². The Morgan fingerprint density at radius 3 is 2.94 bits per heavy atom.